The molecule has 1 fully saturated rings. The fraction of sp³-hybridized carbons (Fsp3) is 0.308. The number of ether oxygens (including phenoxy) is 2. The van der Waals surface area contributed by atoms with Crippen LogP contribution in [0, 0.1) is 0 Å². The van der Waals surface area contributed by atoms with Crippen LogP contribution >= 0.6 is 0 Å². The van der Waals surface area contributed by atoms with Gasteiger partial charge in [-0.2, -0.15) is 0 Å². The zero-order valence-corrected chi connectivity index (χ0v) is 19.2. The standard InChI is InChI=1S/C26H28N2O5/c1-16(2)33-18-9-7-8-17(14-18)24(29)22-23(28(12-13-32-4)26(31)25(22)30)20-15-27(3)21-11-6-5-10-19(20)21/h5-11,14-16,23,29H,12-13H2,1-4H3/b24-22+. The number of rotatable bonds is 7. The average Bonchev–Trinajstić information content (AvgIpc) is 3.25. The van der Waals surface area contributed by atoms with Crippen LogP contribution in [0.1, 0.15) is 31.0 Å². The maximum atomic E-state index is 13.2. The maximum Gasteiger partial charge on any atom is 0.295 e. The largest absolute Gasteiger partial charge is 0.507 e. The Morgan fingerprint density at radius 3 is 2.61 bits per heavy atom. The van der Waals surface area contributed by atoms with E-state index < -0.39 is 17.7 Å². The molecule has 1 aliphatic heterocycles. The van der Waals surface area contributed by atoms with Crippen LogP contribution in [0.25, 0.3) is 16.7 Å². The molecule has 1 saturated heterocycles. The number of hydrogen-bond donors (Lipinski definition) is 1. The van der Waals surface area contributed by atoms with E-state index >= 15 is 0 Å². The minimum atomic E-state index is -0.735. The van der Waals surface area contributed by atoms with Crippen LogP contribution in [0.5, 0.6) is 5.75 Å². The number of Topliss-reactive ketones (excluding diaryl/α,β-unsaturated/α-hetero) is 1. The smallest absolute Gasteiger partial charge is 0.295 e. The highest BCUT2D eigenvalue weighted by Gasteiger charge is 2.46. The number of ketones is 1. The lowest BCUT2D eigenvalue weighted by Crippen LogP contribution is -2.32. The molecule has 1 atom stereocenters. The number of hydrogen-bond acceptors (Lipinski definition) is 5. The maximum absolute atomic E-state index is 13.2. The zero-order chi connectivity index (χ0) is 23.7. The Balaban J connectivity index is 1.91. The van der Waals surface area contributed by atoms with Gasteiger partial charge < -0.3 is 24.0 Å². The molecule has 7 heteroatoms. The van der Waals surface area contributed by atoms with Crippen molar-refractivity contribution in [1.29, 1.82) is 0 Å². The molecule has 0 saturated carbocycles. The fourth-order valence-corrected chi connectivity index (χ4v) is 4.36. The third-order valence-electron chi connectivity index (χ3n) is 5.78. The Hall–Kier alpha value is -3.58. The second-order valence-corrected chi connectivity index (χ2v) is 8.39. The number of carbonyl (C=O) groups is 2. The second kappa shape index (κ2) is 9.11. The molecule has 1 amide bonds. The summed E-state index contributed by atoms with van der Waals surface area (Å²) in [6.07, 6.45) is 1.87. The summed E-state index contributed by atoms with van der Waals surface area (Å²) in [6.45, 7) is 4.32. The number of likely N-dealkylation sites (tertiary alicyclic amines) is 1. The van der Waals surface area contributed by atoms with Crippen LogP contribution in [-0.2, 0) is 21.4 Å². The van der Waals surface area contributed by atoms with Crippen molar-refractivity contribution in [2.75, 3.05) is 20.3 Å². The second-order valence-electron chi connectivity index (χ2n) is 8.39. The number of aromatic nitrogens is 1. The van der Waals surface area contributed by atoms with Gasteiger partial charge in [-0.25, -0.2) is 0 Å². The topological polar surface area (TPSA) is 81.0 Å². The Morgan fingerprint density at radius 1 is 1.12 bits per heavy atom. The van der Waals surface area contributed by atoms with Gasteiger partial charge in [-0.15, -0.1) is 0 Å². The molecule has 0 radical (unpaired) electrons. The van der Waals surface area contributed by atoms with Crippen molar-refractivity contribution in [2.24, 2.45) is 7.05 Å². The van der Waals surface area contributed by atoms with Crippen LogP contribution in [0.4, 0.5) is 0 Å². The molecule has 1 unspecified atom stereocenters. The van der Waals surface area contributed by atoms with E-state index in [1.165, 1.54) is 4.90 Å². The number of aliphatic hydroxyl groups excluding tert-OH is 1. The summed E-state index contributed by atoms with van der Waals surface area (Å²) < 4.78 is 12.9. The van der Waals surface area contributed by atoms with Gasteiger partial charge in [-0.3, -0.25) is 9.59 Å². The molecule has 0 bridgehead atoms. The van der Waals surface area contributed by atoms with E-state index in [0.717, 1.165) is 16.5 Å². The molecular formula is C26H28N2O5. The summed E-state index contributed by atoms with van der Waals surface area (Å²) in [6, 6.07) is 14.0. The number of aryl methyl sites for hydroxylation is 1. The van der Waals surface area contributed by atoms with Gasteiger partial charge in [0, 0.05) is 48.9 Å². The quantitative estimate of drug-likeness (QED) is 0.335. The molecule has 2 aromatic carbocycles. The number of benzene rings is 2. The van der Waals surface area contributed by atoms with E-state index in [-0.39, 0.29) is 30.6 Å². The fourth-order valence-electron chi connectivity index (χ4n) is 4.36. The van der Waals surface area contributed by atoms with Gasteiger partial charge in [-0.1, -0.05) is 30.3 Å². The number of fused-ring (bicyclic) bond motifs is 1. The van der Waals surface area contributed by atoms with Gasteiger partial charge >= 0.3 is 0 Å². The number of methoxy groups -OCH3 is 1. The molecule has 172 valence electrons. The summed E-state index contributed by atoms with van der Waals surface area (Å²) in [4.78, 5) is 27.7. The molecule has 7 nitrogen and oxygen atoms in total. The molecule has 1 aliphatic rings. The molecule has 1 N–H and O–H groups in total. The van der Waals surface area contributed by atoms with Gasteiger partial charge in [0.05, 0.1) is 24.3 Å². The van der Waals surface area contributed by atoms with Crippen molar-refractivity contribution < 1.29 is 24.2 Å². The molecule has 3 aromatic rings. The lowest BCUT2D eigenvalue weighted by molar-refractivity contribution is -0.140. The van der Waals surface area contributed by atoms with Crippen LogP contribution in [0.3, 0.4) is 0 Å². The van der Waals surface area contributed by atoms with Crippen LogP contribution in [-0.4, -0.2) is 52.6 Å². The minimum Gasteiger partial charge on any atom is -0.507 e. The predicted octanol–water partition coefficient (Wildman–Crippen LogP) is 4.03. The van der Waals surface area contributed by atoms with Crippen molar-refractivity contribution in [2.45, 2.75) is 26.0 Å². The Morgan fingerprint density at radius 2 is 1.88 bits per heavy atom. The predicted molar refractivity (Wildman–Crippen MR) is 126 cm³/mol. The number of carbonyl (C=O) groups excluding carboxylic acids is 2. The van der Waals surface area contributed by atoms with E-state index in [4.69, 9.17) is 9.47 Å². The number of para-hydroxylation sites is 1. The Bertz CT molecular complexity index is 1240. The van der Waals surface area contributed by atoms with Crippen molar-refractivity contribution in [3.63, 3.8) is 0 Å². The van der Waals surface area contributed by atoms with Gasteiger partial charge in [-0.05, 0) is 32.0 Å². The van der Waals surface area contributed by atoms with E-state index in [2.05, 4.69) is 0 Å². The number of aliphatic hydroxyl groups is 1. The first-order valence-corrected chi connectivity index (χ1v) is 10.9. The monoisotopic (exact) mass is 448 g/mol. The van der Waals surface area contributed by atoms with Crippen LogP contribution in [0.15, 0.2) is 60.3 Å². The van der Waals surface area contributed by atoms with Crippen molar-refractivity contribution >= 4 is 28.4 Å². The van der Waals surface area contributed by atoms with Gasteiger partial charge in [0.1, 0.15) is 11.5 Å². The van der Waals surface area contributed by atoms with Gasteiger partial charge in [0.15, 0.2) is 0 Å². The summed E-state index contributed by atoms with van der Waals surface area (Å²) in [5, 5.41) is 12.2. The lowest BCUT2D eigenvalue weighted by atomic mass is 9.95. The summed E-state index contributed by atoms with van der Waals surface area (Å²) in [7, 11) is 3.46. The summed E-state index contributed by atoms with van der Waals surface area (Å²) in [5.41, 5.74) is 2.23. The summed E-state index contributed by atoms with van der Waals surface area (Å²) in [5.74, 6) is -1.01. The minimum absolute atomic E-state index is 0.0438. The van der Waals surface area contributed by atoms with E-state index in [1.807, 2.05) is 55.9 Å². The number of amides is 1. The van der Waals surface area contributed by atoms with Gasteiger partial charge in [0.2, 0.25) is 0 Å². The SMILES string of the molecule is COCCN1C(=O)C(=O)/C(=C(/O)c2cccc(OC(C)C)c2)C1c1cn(C)c2ccccc12. The highest BCUT2D eigenvalue weighted by Crippen LogP contribution is 2.42. The first-order valence-electron chi connectivity index (χ1n) is 10.9. The van der Waals surface area contributed by atoms with Crippen molar-refractivity contribution in [3.05, 3.63) is 71.4 Å². The van der Waals surface area contributed by atoms with E-state index in [9.17, 15) is 14.7 Å². The normalized spacial score (nSPS) is 18.0. The zero-order valence-electron chi connectivity index (χ0n) is 19.2. The Kier molecular flexibility index (Phi) is 6.24. The van der Waals surface area contributed by atoms with Crippen LogP contribution in [0.2, 0.25) is 0 Å². The molecule has 0 spiro atoms. The third kappa shape index (κ3) is 4.12. The van der Waals surface area contributed by atoms with Crippen molar-refractivity contribution in [1.82, 2.24) is 9.47 Å². The average molecular weight is 449 g/mol. The summed E-state index contributed by atoms with van der Waals surface area (Å²) >= 11 is 0. The molecule has 2 heterocycles. The first kappa shape index (κ1) is 22.6. The first-order chi connectivity index (χ1) is 15.8. The van der Waals surface area contributed by atoms with Crippen LogP contribution < -0.4 is 4.74 Å². The Labute approximate surface area is 192 Å². The molecular weight excluding hydrogens is 420 g/mol. The van der Waals surface area contributed by atoms with E-state index in [0.29, 0.717) is 11.3 Å². The van der Waals surface area contributed by atoms with Gasteiger partial charge in [0.25, 0.3) is 11.7 Å². The number of nitrogens with zero attached hydrogens (tertiary/aromatic N) is 2. The molecule has 4 rings (SSSR count). The highest BCUT2D eigenvalue weighted by molar-refractivity contribution is 6.46. The lowest BCUT2D eigenvalue weighted by Gasteiger charge is -2.24. The molecule has 1 aromatic heterocycles. The van der Waals surface area contributed by atoms with Crippen molar-refractivity contribution in [3.8, 4) is 5.75 Å². The van der Waals surface area contributed by atoms with E-state index in [1.54, 1.807) is 31.4 Å². The molecule has 33 heavy (non-hydrogen) atoms. The highest BCUT2D eigenvalue weighted by atomic mass is 16.5. The molecule has 0 aliphatic carbocycles. The third-order valence-corrected chi connectivity index (χ3v) is 5.78.